The lowest BCUT2D eigenvalue weighted by Gasteiger charge is -2.12. The van der Waals surface area contributed by atoms with E-state index in [1.807, 2.05) is 6.07 Å². The van der Waals surface area contributed by atoms with E-state index >= 15 is 0 Å². The van der Waals surface area contributed by atoms with Gasteiger partial charge < -0.3 is 10.8 Å². The van der Waals surface area contributed by atoms with Crippen molar-refractivity contribution in [1.29, 1.82) is 5.26 Å². The van der Waals surface area contributed by atoms with E-state index in [2.05, 4.69) is 15.9 Å². The van der Waals surface area contributed by atoms with E-state index in [1.54, 1.807) is 18.2 Å². The Morgan fingerprint density at radius 2 is 2.31 bits per heavy atom. The zero-order valence-electron chi connectivity index (χ0n) is 8.48. The van der Waals surface area contributed by atoms with Gasteiger partial charge in [0.15, 0.2) is 0 Å². The van der Waals surface area contributed by atoms with Crippen molar-refractivity contribution < 1.29 is 9.90 Å². The zero-order chi connectivity index (χ0) is 12.1. The molecule has 0 heterocycles. The lowest BCUT2D eigenvalue weighted by atomic mass is 10.0. The predicted octanol–water partition coefficient (Wildman–Crippen LogP) is 2.19. The SMILES string of the molecule is N#Cc1ccc(Br)c(C(N)CCC(=O)O)c1. The fourth-order valence-corrected chi connectivity index (χ4v) is 1.87. The maximum atomic E-state index is 10.4. The number of nitriles is 1. The van der Waals surface area contributed by atoms with Crippen molar-refractivity contribution >= 4 is 21.9 Å². The Balaban J connectivity index is 2.86. The van der Waals surface area contributed by atoms with Gasteiger partial charge in [0.2, 0.25) is 0 Å². The first-order valence-electron chi connectivity index (χ1n) is 4.71. The van der Waals surface area contributed by atoms with Crippen molar-refractivity contribution in [3.05, 3.63) is 33.8 Å². The van der Waals surface area contributed by atoms with Crippen molar-refractivity contribution in [2.45, 2.75) is 18.9 Å². The number of rotatable bonds is 4. The number of nitrogens with two attached hydrogens (primary N) is 1. The van der Waals surface area contributed by atoms with E-state index in [0.717, 1.165) is 10.0 Å². The van der Waals surface area contributed by atoms with Crippen LogP contribution in [0.2, 0.25) is 0 Å². The van der Waals surface area contributed by atoms with Gasteiger partial charge in [-0.25, -0.2) is 0 Å². The molecule has 4 nitrogen and oxygen atoms in total. The molecular formula is C11H11BrN2O2. The third-order valence-electron chi connectivity index (χ3n) is 2.19. The minimum absolute atomic E-state index is 0.0182. The molecule has 16 heavy (non-hydrogen) atoms. The molecule has 1 aromatic rings. The highest BCUT2D eigenvalue weighted by atomic mass is 79.9. The molecule has 3 N–H and O–H groups in total. The summed E-state index contributed by atoms with van der Waals surface area (Å²) in [5.74, 6) is -0.872. The van der Waals surface area contributed by atoms with Crippen molar-refractivity contribution in [3.8, 4) is 6.07 Å². The van der Waals surface area contributed by atoms with Gasteiger partial charge in [0.25, 0.3) is 0 Å². The quantitative estimate of drug-likeness (QED) is 0.886. The fraction of sp³-hybridized carbons (Fsp3) is 0.273. The molecule has 5 heteroatoms. The smallest absolute Gasteiger partial charge is 0.303 e. The van der Waals surface area contributed by atoms with Crippen LogP contribution in [0.5, 0.6) is 0 Å². The number of halogens is 1. The Morgan fingerprint density at radius 1 is 1.62 bits per heavy atom. The molecule has 0 amide bonds. The average Bonchev–Trinajstić information content (AvgIpc) is 2.26. The van der Waals surface area contributed by atoms with E-state index in [1.165, 1.54) is 0 Å². The second-order valence-corrected chi connectivity index (χ2v) is 4.24. The highest BCUT2D eigenvalue weighted by Gasteiger charge is 2.12. The Kier molecular flexibility index (Phi) is 4.47. The summed E-state index contributed by atoms with van der Waals surface area (Å²) < 4.78 is 0.796. The monoisotopic (exact) mass is 282 g/mol. The van der Waals surface area contributed by atoms with Gasteiger partial charge in [0.05, 0.1) is 11.6 Å². The summed E-state index contributed by atoms with van der Waals surface area (Å²) in [7, 11) is 0. The summed E-state index contributed by atoms with van der Waals surface area (Å²) in [6, 6.07) is 6.75. The maximum Gasteiger partial charge on any atom is 0.303 e. The highest BCUT2D eigenvalue weighted by molar-refractivity contribution is 9.10. The van der Waals surface area contributed by atoms with E-state index < -0.39 is 5.97 Å². The molecule has 0 aromatic heterocycles. The standard InChI is InChI=1S/C11H11BrN2O2/c12-9-2-1-7(6-13)5-8(9)10(14)3-4-11(15)16/h1-2,5,10H,3-4,14H2,(H,15,16). The van der Waals surface area contributed by atoms with E-state index in [9.17, 15) is 4.79 Å². The van der Waals surface area contributed by atoms with Crippen LogP contribution in [0.15, 0.2) is 22.7 Å². The Morgan fingerprint density at radius 3 is 2.88 bits per heavy atom. The van der Waals surface area contributed by atoms with Crippen LogP contribution in [0.4, 0.5) is 0 Å². The summed E-state index contributed by atoms with van der Waals surface area (Å²) in [5, 5.41) is 17.3. The molecule has 0 fully saturated rings. The van der Waals surface area contributed by atoms with Crippen LogP contribution in [0.25, 0.3) is 0 Å². The zero-order valence-corrected chi connectivity index (χ0v) is 10.1. The van der Waals surface area contributed by atoms with Crippen molar-refractivity contribution in [2.75, 3.05) is 0 Å². The second-order valence-electron chi connectivity index (χ2n) is 3.39. The number of hydrogen-bond acceptors (Lipinski definition) is 3. The molecule has 1 atom stereocenters. The Bertz CT molecular complexity index is 440. The Labute approximate surface area is 102 Å². The number of carbonyl (C=O) groups is 1. The van der Waals surface area contributed by atoms with E-state index in [4.69, 9.17) is 16.1 Å². The summed E-state index contributed by atoms with van der Waals surface area (Å²) in [5.41, 5.74) is 7.15. The molecule has 0 saturated heterocycles. The topological polar surface area (TPSA) is 87.1 Å². The largest absolute Gasteiger partial charge is 0.481 e. The lowest BCUT2D eigenvalue weighted by Crippen LogP contribution is -2.13. The molecule has 0 aliphatic carbocycles. The first kappa shape index (κ1) is 12.7. The van der Waals surface area contributed by atoms with Gasteiger partial charge in [-0.3, -0.25) is 4.79 Å². The molecule has 84 valence electrons. The highest BCUT2D eigenvalue weighted by Crippen LogP contribution is 2.25. The van der Waals surface area contributed by atoms with Crippen LogP contribution in [0, 0.1) is 11.3 Å². The van der Waals surface area contributed by atoms with Gasteiger partial charge in [-0.05, 0) is 30.2 Å². The minimum atomic E-state index is -0.872. The third kappa shape index (κ3) is 3.33. The average molecular weight is 283 g/mol. The van der Waals surface area contributed by atoms with Crippen molar-refractivity contribution in [2.24, 2.45) is 5.73 Å². The molecule has 0 bridgehead atoms. The molecule has 0 spiro atoms. The number of aliphatic carboxylic acids is 1. The van der Waals surface area contributed by atoms with Gasteiger partial charge in [0.1, 0.15) is 0 Å². The second kappa shape index (κ2) is 5.64. The predicted molar refractivity (Wildman–Crippen MR) is 62.7 cm³/mol. The number of nitrogens with zero attached hydrogens (tertiary/aromatic N) is 1. The number of carboxylic acid groups (broad SMARTS) is 1. The first-order chi connectivity index (χ1) is 7.54. The third-order valence-corrected chi connectivity index (χ3v) is 2.92. The number of hydrogen-bond donors (Lipinski definition) is 2. The van der Waals surface area contributed by atoms with Crippen LogP contribution in [0.1, 0.15) is 30.0 Å². The fourth-order valence-electron chi connectivity index (χ4n) is 1.33. The van der Waals surface area contributed by atoms with Crippen LogP contribution in [-0.2, 0) is 4.79 Å². The number of benzene rings is 1. The lowest BCUT2D eigenvalue weighted by molar-refractivity contribution is -0.137. The molecule has 1 unspecified atom stereocenters. The van der Waals surface area contributed by atoms with Gasteiger partial charge in [-0.15, -0.1) is 0 Å². The van der Waals surface area contributed by atoms with Crippen LogP contribution < -0.4 is 5.73 Å². The molecular weight excluding hydrogens is 272 g/mol. The Hall–Kier alpha value is -1.38. The van der Waals surface area contributed by atoms with Crippen LogP contribution in [-0.4, -0.2) is 11.1 Å². The van der Waals surface area contributed by atoms with E-state index in [0.29, 0.717) is 12.0 Å². The van der Waals surface area contributed by atoms with Gasteiger partial charge in [-0.1, -0.05) is 15.9 Å². The molecule has 1 rings (SSSR count). The van der Waals surface area contributed by atoms with Gasteiger partial charge in [-0.2, -0.15) is 5.26 Å². The van der Waals surface area contributed by atoms with Gasteiger partial charge >= 0.3 is 5.97 Å². The van der Waals surface area contributed by atoms with Crippen LogP contribution in [0.3, 0.4) is 0 Å². The molecule has 0 aliphatic heterocycles. The maximum absolute atomic E-state index is 10.4. The van der Waals surface area contributed by atoms with Crippen LogP contribution >= 0.6 is 15.9 Å². The van der Waals surface area contributed by atoms with E-state index in [-0.39, 0.29) is 12.5 Å². The van der Waals surface area contributed by atoms with Crippen molar-refractivity contribution in [1.82, 2.24) is 0 Å². The molecule has 0 aliphatic rings. The molecule has 0 saturated carbocycles. The van der Waals surface area contributed by atoms with Gasteiger partial charge in [0, 0.05) is 16.9 Å². The first-order valence-corrected chi connectivity index (χ1v) is 5.51. The van der Waals surface area contributed by atoms with Crippen molar-refractivity contribution in [3.63, 3.8) is 0 Å². The summed E-state index contributed by atoms with van der Waals surface area (Å²) in [4.78, 5) is 10.4. The molecule has 1 aromatic carbocycles. The number of carboxylic acids is 1. The normalized spacial score (nSPS) is 11.8. The minimum Gasteiger partial charge on any atom is -0.481 e. The molecule has 0 radical (unpaired) electrons. The summed E-state index contributed by atoms with van der Waals surface area (Å²) in [6.45, 7) is 0. The summed E-state index contributed by atoms with van der Waals surface area (Å²) >= 11 is 3.33. The summed E-state index contributed by atoms with van der Waals surface area (Å²) in [6.07, 6.45) is 0.368.